The summed E-state index contributed by atoms with van der Waals surface area (Å²) in [6.45, 7) is 6.39. The van der Waals surface area contributed by atoms with Crippen molar-refractivity contribution in [2.75, 3.05) is 13.2 Å². The van der Waals surface area contributed by atoms with Crippen molar-refractivity contribution in [3.8, 4) is 11.1 Å². The Morgan fingerprint density at radius 1 is 0.788 bits per heavy atom. The van der Waals surface area contributed by atoms with Crippen LogP contribution in [0.3, 0.4) is 0 Å². The molecule has 0 bridgehead atoms. The lowest BCUT2D eigenvalue weighted by Crippen LogP contribution is -2.42. The Kier molecular flexibility index (Phi) is 10.9. The molecule has 0 aliphatic heterocycles. The van der Waals surface area contributed by atoms with Gasteiger partial charge < -0.3 is 14.6 Å². The zero-order valence-corrected chi connectivity index (χ0v) is 20.0. The Morgan fingerprint density at radius 2 is 1.39 bits per heavy atom. The number of ether oxygens (including phenoxy) is 2. The zero-order valence-electron chi connectivity index (χ0n) is 20.0. The van der Waals surface area contributed by atoms with Gasteiger partial charge in [-0.05, 0) is 49.1 Å². The van der Waals surface area contributed by atoms with Crippen molar-refractivity contribution >= 4 is 0 Å². The average molecular weight is 467 g/mol. The molecule has 0 aliphatic rings. The van der Waals surface area contributed by atoms with Gasteiger partial charge in [-0.25, -0.2) is 0 Å². The number of halogens is 3. The molecule has 0 radical (unpaired) electrons. The minimum absolute atomic E-state index is 0.297. The number of alkyl halides is 3. The maximum absolute atomic E-state index is 13.1. The Hall–Kier alpha value is -1.89. The van der Waals surface area contributed by atoms with E-state index in [1.165, 1.54) is 25.3 Å². The molecule has 184 valence electrons. The fourth-order valence-electron chi connectivity index (χ4n) is 4.13. The number of benzene rings is 2. The van der Waals surface area contributed by atoms with Crippen molar-refractivity contribution < 1.29 is 27.8 Å². The summed E-state index contributed by atoms with van der Waals surface area (Å²) in [5.74, 6) is -2.15. The topological polar surface area (TPSA) is 38.7 Å². The average Bonchev–Trinajstić information content (AvgIpc) is 2.78. The van der Waals surface area contributed by atoms with E-state index in [2.05, 4.69) is 6.92 Å². The maximum Gasteiger partial charge on any atom is 0.416 e. The SMILES string of the molecule is CCCCCCCCC(c1ccc(-c2cccc(C(F)(F)F)c2)cc1)C(O)(OCC)OCC. The van der Waals surface area contributed by atoms with Gasteiger partial charge in [0.25, 0.3) is 5.97 Å². The highest BCUT2D eigenvalue weighted by Gasteiger charge is 2.39. The maximum atomic E-state index is 13.1. The van der Waals surface area contributed by atoms with E-state index in [0.717, 1.165) is 37.0 Å². The van der Waals surface area contributed by atoms with Crippen LogP contribution in [0.15, 0.2) is 48.5 Å². The number of hydrogen-bond acceptors (Lipinski definition) is 3. The van der Waals surface area contributed by atoms with Crippen LogP contribution in [0.25, 0.3) is 11.1 Å². The monoisotopic (exact) mass is 466 g/mol. The third-order valence-corrected chi connectivity index (χ3v) is 5.83. The molecule has 2 aromatic rings. The molecule has 0 saturated heterocycles. The van der Waals surface area contributed by atoms with Gasteiger partial charge in [0, 0.05) is 13.2 Å². The number of hydrogen-bond donors (Lipinski definition) is 1. The van der Waals surface area contributed by atoms with Crippen molar-refractivity contribution in [3.63, 3.8) is 0 Å². The summed E-state index contributed by atoms with van der Waals surface area (Å²) in [5.41, 5.74) is 1.34. The summed E-state index contributed by atoms with van der Waals surface area (Å²) >= 11 is 0. The first-order chi connectivity index (χ1) is 15.7. The molecule has 0 saturated carbocycles. The van der Waals surface area contributed by atoms with Crippen LogP contribution in [-0.2, 0) is 15.7 Å². The molecule has 1 N–H and O–H groups in total. The highest BCUT2D eigenvalue weighted by molar-refractivity contribution is 5.64. The molecule has 1 atom stereocenters. The molecule has 33 heavy (non-hydrogen) atoms. The van der Waals surface area contributed by atoms with E-state index in [9.17, 15) is 18.3 Å². The van der Waals surface area contributed by atoms with Crippen LogP contribution in [0.5, 0.6) is 0 Å². The highest BCUT2D eigenvalue weighted by Crippen LogP contribution is 2.37. The van der Waals surface area contributed by atoms with Gasteiger partial charge in [-0.3, -0.25) is 0 Å². The van der Waals surface area contributed by atoms with E-state index in [0.29, 0.717) is 30.8 Å². The molecule has 0 heterocycles. The minimum Gasteiger partial charge on any atom is -0.343 e. The van der Waals surface area contributed by atoms with Crippen molar-refractivity contribution in [1.82, 2.24) is 0 Å². The molecule has 0 aliphatic carbocycles. The van der Waals surface area contributed by atoms with Gasteiger partial charge in [0.2, 0.25) is 0 Å². The Labute approximate surface area is 195 Å². The van der Waals surface area contributed by atoms with Crippen LogP contribution in [-0.4, -0.2) is 24.3 Å². The Bertz CT molecular complexity index is 812. The van der Waals surface area contributed by atoms with E-state index >= 15 is 0 Å². The summed E-state index contributed by atoms with van der Waals surface area (Å²) in [4.78, 5) is 0. The molecule has 0 fully saturated rings. The summed E-state index contributed by atoms with van der Waals surface area (Å²) in [6.07, 6.45) is 3.05. The number of unbranched alkanes of at least 4 members (excludes halogenated alkanes) is 5. The van der Waals surface area contributed by atoms with Crippen LogP contribution in [0.2, 0.25) is 0 Å². The van der Waals surface area contributed by atoms with Gasteiger partial charge >= 0.3 is 6.18 Å². The minimum atomic E-state index is -4.39. The predicted molar refractivity (Wildman–Crippen MR) is 126 cm³/mol. The van der Waals surface area contributed by atoms with Crippen molar-refractivity contribution in [3.05, 3.63) is 59.7 Å². The third kappa shape index (κ3) is 8.13. The fourth-order valence-corrected chi connectivity index (χ4v) is 4.13. The smallest absolute Gasteiger partial charge is 0.343 e. The lowest BCUT2D eigenvalue weighted by molar-refractivity contribution is -0.370. The summed E-state index contributed by atoms with van der Waals surface area (Å²) < 4.78 is 50.6. The molecule has 1 unspecified atom stereocenters. The largest absolute Gasteiger partial charge is 0.416 e. The fraction of sp³-hybridized carbons (Fsp3) is 0.556. The van der Waals surface area contributed by atoms with Crippen LogP contribution in [0, 0.1) is 0 Å². The molecular weight excluding hydrogens is 429 g/mol. The number of aliphatic hydroxyl groups is 1. The quantitative estimate of drug-likeness (QED) is 0.227. The first kappa shape index (κ1) is 27.4. The van der Waals surface area contributed by atoms with Crippen LogP contribution in [0.4, 0.5) is 13.2 Å². The number of rotatable bonds is 14. The van der Waals surface area contributed by atoms with Crippen molar-refractivity contribution in [1.29, 1.82) is 0 Å². The molecule has 6 heteroatoms. The van der Waals surface area contributed by atoms with Crippen molar-refractivity contribution in [2.24, 2.45) is 0 Å². The Morgan fingerprint density at radius 3 is 1.97 bits per heavy atom. The second-order valence-corrected chi connectivity index (χ2v) is 8.31. The van der Waals surface area contributed by atoms with Gasteiger partial charge in [-0.15, -0.1) is 0 Å². The van der Waals surface area contributed by atoms with E-state index < -0.39 is 23.6 Å². The molecular formula is C27H37F3O3. The normalized spacial score (nSPS) is 13.3. The summed E-state index contributed by atoms with van der Waals surface area (Å²) in [5, 5.41) is 11.2. The highest BCUT2D eigenvalue weighted by atomic mass is 19.4. The molecule has 0 spiro atoms. The predicted octanol–water partition coefficient (Wildman–Crippen LogP) is 7.93. The lowest BCUT2D eigenvalue weighted by Gasteiger charge is -2.35. The van der Waals surface area contributed by atoms with Gasteiger partial charge in [-0.2, -0.15) is 13.2 Å². The van der Waals surface area contributed by atoms with Gasteiger partial charge in [0.15, 0.2) is 0 Å². The Balaban J connectivity index is 2.25. The van der Waals surface area contributed by atoms with E-state index in [1.54, 1.807) is 18.2 Å². The first-order valence-electron chi connectivity index (χ1n) is 12.0. The van der Waals surface area contributed by atoms with Crippen LogP contribution in [0.1, 0.15) is 82.8 Å². The van der Waals surface area contributed by atoms with Crippen molar-refractivity contribution in [2.45, 2.75) is 83.8 Å². The summed E-state index contributed by atoms with van der Waals surface area (Å²) in [6, 6.07) is 12.6. The standard InChI is InChI=1S/C27H37F3O3/c1-4-7-8-9-10-11-15-25(27(31,32-5-2)33-6-3)22-18-16-21(17-19-22)23-13-12-14-24(20-23)26(28,29)30/h12-14,16-20,25,31H,4-11,15H2,1-3H3. The van der Waals surface area contributed by atoms with E-state index in [1.807, 2.05) is 26.0 Å². The third-order valence-electron chi connectivity index (χ3n) is 5.83. The second-order valence-electron chi connectivity index (χ2n) is 8.31. The van der Waals surface area contributed by atoms with Crippen LogP contribution >= 0.6 is 0 Å². The van der Waals surface area contributed by atoms with Gasteiger partial charge in [0.05, 0.1) is 11.5 Å². The second kappa shape index (κ2) is 13.1. The molecule has 0 amide bonds. The lowest BCUT2D eigenvalue weighted by atomic mass is 9.89. The molecule has 3 nitrogen and oxygen atoms in total. The van der Waals surface area contributed by atoms with Crippen LogP contribution < -0.4 is 0 Å². The first-order valence-corrected chi connectivity index (χ1v) is 12.0. The molecule has 0 aromatic heterocycles. The van der Waals surface area contributed by atoms with Gasteiger partial charge in [-0.1, -0.05) is 81.8 Å². The van der Waals surface area contributed by atoms with E-state index in [4.69, 9.17) is 9.47 Å². The van der Waals surface area contributed by atoms with Gasteiger partial charge in [0.1, 0.15) is 0 Å². The zero-order chi connectivity index (χ0) is 24.3. The molecule has 2 rings (SSSR count). The molecule has 2 aromatic carbocycles. The summed E-state index contributed by atoms with van der Waals surface area (Å²) in [7, 11) is 0. The van der Waals surface area contributed by atoms with E-state index in [-0.39, 0.29) is 0 Å².